The van der Waals surface area contributed by atoms with E-state index in [4.69, 9.17) is 15.2 Å². The van der Waals surface area contributed by atoms with Crippen LogP contribution in [0, 0.1) is 11.3 Å². The summed E-state index contributed by atoms with van der Waals surface area (Å²) >= 11 is 0. The van der Waals surface area contributed by atoms with Crippen molar-refractivity contribution in [3.8, 4) is 17.5 Å². The third kappa shape index (κ3) is 4.01. The van der Waals surface area contributed by atoms with Crippen LogP contribution in [0.1, 0.15) is 18.4 Å². The monoisotopic (exact) mass is 407 g/mol. The molecule has 1 saturated heterocycles. The van der Waals surface area contributed by atoms with Gasteiger partial charge in [0, 0.05) is 48.7 Å². The molecule has 0 atom stereocenters. The highest BCUT2D eigenvalue weighted by atomic mass is 15.2. The molecule has 3 aromatic heterocycles. The Morgan fingerprint density at radius 2 is 1.84 bits per heavy atom. The predicted octanol–water partition coefficient (Wildman–Crippen LogP) is 4.04. The number of nitrogens with one attached hydrogen (secondary N) is 1. The molecule has 0 spiro atoms. The van der Waals surface area contributed by atoms with Crippen molar-refractivity contribution in [2.24, 2.45) is 0 Å². The molecule has 4 aromatic rings. The Morgan fingerprint density at radius 3 is 2.58 bits per heavy atom. The SMILES string of the molecule is N#Cc1ccc(N2CCC(Nc3nc(-c4cccnc4)nc4ccccc34)CC2)nc1. The van der Waals surface area contributed by atoms with E-state index in [1.165, 1.54) is 0 Å². The molecule has 0 bridgehead atoms. The van der Waals surface area contributed by atoms with Gasteiger partial charge in [0.05, 0.1) is 11.1 Å². The number of fused-ring (bicyclic) bond motifs is 1. The number of hydrogen-bond acceptors (Lipinski definition) is 7. The maximum atomic E-state index is 8.96. The molecule has 0 aliphatic carbocycles. The first-order valence-corrected chi connectivity index (χ1v) is 10.3. The van der Waals surface area contributed by atoms with Gasteiger partial charge in [-0.1, -0.05) is 12.1 Å². The van der Waals surface area contributed by atoms with E-state index in [-0.39, 0.29) is 0 Å². The van der Waals surface area contributed by atoms with Crippen LogP contribution in [0.3, 0.4) is 0 Å². The highest BCUT2D eigenvalue weighted by molar-refractivity contribution is 5.90. The summed E-state index contributed by atoms with van der Waals surface area (Å²) in [6.45, 7) is 1.80. The fourth-order valence-electron chi connectivity index (χ4n) is 3.90. The summed E-state index contributed by atoms with van der Waals surface area (Å²) in [5.74, 6) is 2.46. The van der Waals surface area contributed by atoms with E-state index in [1.807, 2.05) is 42.5 Å². The fourth-order valence-corrected chi connectivity index (χ4v) is 3.90. The van der Waals surface area contributed by atoms with Crippen molar-refractivity contribution in [2.75, 3.05) is 23.3 Å². The van der Waals surface area contributed by atoms with Crippen molar-refractivity contribution < 1.29 is 0 Å². The zero-order valence-corrected chi connectivity index (χ0v) is 16.9. The van der Waals surface area contributed by atoms with E-state index in [1.54, 1.807) is 18.6 Å². The van der Waals surface area contributed by atoms with Gasteiger partial charge in [0.25, 0.3) is 0 Å². The Labute approximate surface area is 180 Å². The molecule has 7 nitrogen and oxygen atoms in total. The number of anilines is 2. The molecule has 152 valence electrons. The second kappa shape index (κ2) is 8.36. The van der Waals surface area contributed by atoms with Gasteiger partial charge < -0.3 is 10.2 Å². The Kier molecular flexibility index (Phi) is 5.11. The second-order valence-electron chi connectivity index (χ2n) is 7.58. The van der Waals surface area contributed by atoms with E-state index in [0.29, 0.717) is 17.4 Å². The van der Waals surface area contributed by atoms with Crippen LogP contribution in [0.2, 0.25) is 0 Å². The largest absolute Gasteiger partial charge is 0.367 e. The Balaban J connectivity index is 1.35. The van der Waals surface area contributed by atoms with Crippen LogP contribution in [0.5, 0.6) is 0 Å². The molecule has 0 unspecified atom stereocenters. The van der Waals surface area contributed by atoms with Crippen molar-refractivity contribution in [1.29, 1.82) is 5.26 Å². The molecule has 1 aliphatic heterocycles. The summed E-state index contributed by atoms with van der Waals surface area (Å²) in [6, 6.07) is 18.1. The van der Waals surface area contributed by atoms with E-state index in [9.17, 15) is 0 Å². The van der Waals surface area contributed by atoms with Gasteiger partial charge in [0.1, 0.15) is 17.7 Å². The van der Waals surface area contributed by atoms with Crippen LogP contribution in [0.4, 0.5) is 11.6 Å². The summed E-state index contributed by atoms with van der Waals surface area (Å²) < 4.78 is 0. The number of rotatable bonds is 4. The molecular weight excluding hydrogens is 386 g/mol. The van der Waals surface area contributed by atoms with Crippen molar-refractivity contribution in [3.63, 3.8) is 0 Å². The lowest BCUT2D eigenvalue weighted by Crippen LogP contribution is -2.39. The van der Waals surface area contributed by atoms with Crippen LogP contribution < -0.4 is 10.2 Å². The molecular formula is C24H21N7. The van der Waals surface area contributed by atoms with Crippen molar-refractivity contribution >= 4 is 22.5 Å². The number of aromatic nitrogens is 4. The summed E-state index contributed by atoms with van der Waals surface area (Å²) in [5, 5.41) is 13.6. The van der Waals surface area contributed by atoms with Gasteiger partial charge in [-0.05, 0) is 49.2 Å². The lowest BCUT2D eigenvalue weighted by molar-refractivity contribution is 0.523. The Morgan fingerprint density at radius 1 is 0.968 bits per heavy atom. The summed E-state index contributed by atoms with van der Waals surface area (Å²) in [7, 11) is 0. The smallest absolute Gasteiger partial charge is 0.163 e. The number of benzene rings is 1. The highest BCUT2D eigenvalue weighted by Gasteiger charge is 2.21. The van der Waals surface area contributed by atoms with Gasteiger partial charge in [-0.15, -0.1) is 0 Å². The minimum atomic E-state index is 0.315. The molecule has 0 radical (unpaired) electrons. The predicted molar refractivity (Wildman–Crippen MR) is 121 cm³/mol. The van der Waals surface area contributed by atoms with Gasteiger partial charge in [-0.2, -0.15) is 5.26 Å². The van der Waals surface area contributed by atoms with E-state index in [0.717, 1.165) is 54.0 Å². The standard InChI is InChI=1S/C24H21N7/c25-14-17-7-8-22(27-15-17)31-12-9-19(10-13-31)28-24-20-5-1-2-6-21(20)29-23(30-24)18-4-3-11-26-16-18/h1-8,11,15-16,19H,9-10,12-13H2,(H,28,29,30). The summed E-state index contributed by atoms with van der Waals surface area (Å²) in [6.07, 6.45) is 7.12. The normalized spacial score (nSPS) is 14.4. The fraction of sp³-hybridized carbons (Fsp3) is 0.208. The maximum absolute atomic E-state index is 8.96. The van der Waals surface area contributed by atoms with E-state index < -0.39 is 0 Å². The van der Waals surface area contributed by atoms with Crippen molar-refractivity contribution in [1.82, 2.24) is 19.9 Å². The lowest BCUT2D eigenvalue weighted by atomic mass is 10.0. The molecule has 1 aromatic carbocycles. The van der Waals surface area contributed by atoms with Crippen LogP contribution in [-0.4, -0.2) is 39.1 Å². The number of para-hydroxylation sites is 1. The summed E-state index contributed by atoms with van der Waals surface area (Å²) in [4.78, 5) is 20.5. The molecule has 4 heterocycles. The van der Waals surface area contributed by atoms with Gasteiger partial charge in [0.15, 0.2) is 5.82 Å². The lowest BCUT2D eigenvalue weighted by Gasteiger charge is -2.33. The van der Waals surface area contributed by atoms with Gasteiger partial charge in [0.2, 0.25) is 0 Å². The zero-order valence-electron chi connectivity index (χ0n) is 16.9. The van der Waals surface area contributed by atoms with E-state index >= 15 is 0 Å². The third-order valence-corrected chi connectivity index (χ3v) is 5.56. The molecule has 1 aliphatic rings. The number of pyridine rings is 2. The first kappa shape index (κ1) is 18.9. The van der Waals surface area contributed by atoms with Gasteiger partial charge in [-0.25, -0.2) is 15.0 Å². The van der Waals surface area contributed by atoms with Gasteiger partial charge >= 0.3 is 0 Å². The molecule has 0 amide bonds. The molecule has 31 heavy (non-hydrogen) atoms. The van der Waals surface area contributed by atoms with Gasteiger partial charge in [-0.3, -0.25) is 4.98 Å². The summed E-state index contributed by atoms with van der Waals surface area (Å²) in [5.41, 5.74) is 2.40. The number of nitrogens with zero attached hydrogens (tertiary/aromatic N) is 6. The Hall–Kier alpha value is -4.05. The van der Waals surface area contributed by atoms with Crippen LogP contribution in [0.15, 0.2) is 67.1 Å². The molecule has 1 fully saturated rings. The average Bonchev–Trinajstić information content (AvgIpc) is 2.85. The molecule has 5 rings (SSSR count). The quantitative estimate of drug-likeness (QED) is 0.546. The minimum Gasteiger partial charge on any atom is -0.367 e. The number of hydrogen-bond donors (Lipinski definition) is 1. The maximum Gasteiger partial charge on any atom is 0.163 e. The van der Waals surface area contributed by atoms with Crippen LogP contribution >= 0.6 is 0 Å². The minimum absolute atomic E-state index is 0.315. The average molecular weight is 407 g/mol. The third-order valence-electron chi connectivity index (χ3n) is 5.56. The highest BCUT2D eigenvalue weighted by Crippen LogP contribution is 2.27. The van der Waals surface area contributed by atoms with E-state index in [2.05, 4.69) is 32.3 Å². The second-order valence-corrected chi connectivity index (χ2v) is 7.58. The number of nitriles is 1. The van der Waals surface area contributed by atoms with Crippen LogP contribution in [0.25, 0.3) is 22.3 Å². The molecule has 7 heteroatoms. The first-order chi connectivity index (χ1) is 15.3. The number of piperidine rings is 1. The van der Waals surface area contributed by atoms with Crippen molar-refractivity contribution in [2.45, 2.75) is 18.9 Å². The zero-order chi connectivity index (χ0) is 21.0. The first-order valence-electron chi connectivity index (χ1n) is 10.3. The topological polar surface area (TPSA) is 90.6 Å². The molecule has 1 N–H and O–H groups in total. The van der Waals surface area contributed by atoms with Crippen LogP contribution in [-0.2, 0) is 0 Å². The van der Waals surface area contributed by atoms with Crippen molar-refractivity contribution in [3.05, 3.63) is 72.7 Å². The Bertz CT molecular complexity index is 1220. The molecule has 0 saturated carbocycles.